The number of nitrogens with zero attached hydrogens (tertiary/aromatic N) is 2. The van der Waals surface area contributed by atoms with Crippen molar-refractivity contribution in [1.29, 1.82) is 0 Å². The summed E-state index contributed by atoms with van der Waals surface area (Å²) in [6.45, 7) is 3.91. The number of likely N-dealkylation sites (N-methyl/N-ethyl adjacent to an activating group) is 1. The van der Waals surface area contributed by atoms with Crippen LogP contribution in [0.4, 0.5) is 0 Å². The zero-order valence-corrected chi connectivity index (χ0v) is 11.4. The minimum Gasteiger partial charge on any atom is -0.337 e. The number of nitrogens with one attached hydrogen (secondary N) is 1. The van der Waals surface area contributed by atoms with Gasteiger partial charge in [0.2, 0.25) is 0 Å². The number of rotatable bonds is 3. The molecule has 1 aromatic rings. The number of carbonyl (C=O) groups is 1. The third kappa shape index (κ3) is 2.51. The van der Waals surface area contributed by atoms with Gasteiger partial charge < -0.3 is 10.2 Å². The standard InChI is InChI=1S/C15H21N3O/c1-17(14-9-16-10-14)13-7-8-18(11-13)15(19)12-5-3-2-4-6-12/h2-6,13-14,16H,7-11H2,1H3/t13-/m0/s1. The molecule has 2 aliphatic rings. The molecule has 4 heteroatoms. The minimum absolute atomic E-state index is 0.170. The van der Waals surface area contributed by atoms with Gasteiger partial charge in [0.1, 0.15) is 0 Å². The van der Waals surface area contributed by atoms with Crippen molar-refractivity contribution in [2.75, 3.05) is 33.2 Å². The molecule has 1 atom stereocenters. The van der Waals surface area contributed by atoms with E-state index in [1.165, 1.54) is 0 Å². The number of hydrogen-bond donors (Lipinski definition) is 1. The van der Waals surface area contributed by atoms with E-state index in [0.29, 0.717) is 12.1 Å². The summed E-state index contributed by atoms with van der Waals surface area (Å²) in [6.07, 6.45) is 1.09. The highest BCUT2D eigenvalue weighted by Gasteiger charge is 2.33. The van der Waals surface area contributed by atoms with Crippen LogP contribution < -0.4 is 5.32 Å². The minimum atomic E-state index is 0.170. The van der Waals surface area contributed by atoms with Gasteiger partial charge >= 0.3 is 0 Å². The van der Waals surface area contributed by atoms with Gasteiger partial charge in [0, 0.05) is 43.8 Å². The first-order valence-corrected chi connectivity index (χ1v) is 7.02. The Morgan fingerprint density at radius 3 is 2.63 bits per heavy atom. The van der Waals surface area contributed by atoms with E-state index in [1.807, 2.05) is 35.2 Å². The zero-order chi connectivity index (χ0) is 13.2. The Kier molecular flexibility index (Phi) is 3.53. The molecule has 102 valence electrons. The topological polar surface area (TPSA) is 35.6 Å². The molecule has 0 saturated carbocycles. The molecule has 0 unspecified atom stereocenters. The highest BCUT2D eigenvalue weighted by molar-refractivity contribution is 5.94. The summed E-state index contributed by atoms with van der Waals surface area (Å²) in [5.41, 5.74) is 0.802. The van der Waals surface area contributed by atoms with Crippen molar-refractivity contribution < 1.29 is 4.79 Å². The van der Waals surface area contributed by atoms with Crippen LogP contribution in [0.2, 0.25) is 0 Å². The molecule has 0 aliphatic carbocycles. The molecule has 4 nitrogen and oxygen atoms in total. The predicted octanol–water partition coefficient (Wildman–Crippen LogP) is 0.805. The fourth-order valence-corrected chi connectivity index (χ4v) is 2.88. The zero-order valence-electron chi connectivity index (χ0n) is 11.4. The molecular weight excluding hydrogens is 238 g/mol. The summed E-state index contributed by atoms with van der Waals surface area (Å²) in [4.78, 5) is 16.8. The monoisotopic (exact) mass is 259 g/mol. The van der Waals surface area contributed by atoms with Gasteiger partial charge in [0.15, 0.2) is 0 Å². The van der Waals surface area contributed by atoms with Gasteiger partial charge in [-0.15, -0.1) is 0 Å². The Hall–Kier alpha value is -1.39. The van der Waals surface area contributed by atoms with Crippen LogP contribution in [0.5, 0.6) is 0 Å². The van der Waals surface area contributed by atoms with E-state index >= 15 is 0 Å². The van der Waals surface area contributed by atoms with Crippen LogP contribution in [-0.4, -0.2) is 61.0 Å². The second-order valence-electron chi connectivity index (χ2n) is 5.54. The van der Waals surface area contributed by atoms with Gasteiger partial charge in [-0.25, -0.2) is 0 Å². The third-order valence-corrected chi connectivity index (χ3v) is 4.38. The first-order chi connectivity index (χ1) is 9.25. The van der Waals surface area contributed by atoms with Crippen molar-refractivity contribution in [3.63, 3.8) is 0 Å². The van der Waals surface area contributed by atoms with Crippen LogP contribution in [0.25, 0.3) is 0 Å². The Morgan fingerprint density at radius 1 is 1.26 bits per heavy atom. The number of carbonyl (C=O) groups excluding carboxylic acids is 1. The Labute approximate surface area is 114 Å². The number of hydrogen-bond acceptors (Lipinski definition) is 3. The average Bonchev–Trinajstić information content (AvgIpc) is 2.86. The maximum Gasteiger partial charge on any atom is 0.253 e. The van der Waals surface area contributed by atoms with Crippen molar-refractivity contribution in [3.05, 3.63) is 35.9 Å². The molecular formula is C15H21N3O. The highest BCUT2D eigenvalue weighted by atomic mass is 16.2. The first-order valence-electron chi connectivity index (χ1n) is 7.02. The quantitative estimate of drug-likeness (QED) is 0.872. The molecule has 0 aromatic heterocycles. The summed E-state index contributed by atoms with van der Waals surface area (Å²) in [6, 6.07) is 10.8. The molecule has 19 heavy (non-hydrogen) atoms. The molecule has 1 amide bonds. The summed E-state index contributed by atoms with van der Waals surface area (Å²) in [7, 11) is 2.19. The molecule has 0 spiro atoms. The lowest BCUT2D eigenvalue weighted by Gasteiger charge is -2.39. The van der Waals surface area contributed by atoms with Crippen LogP contribution in [0.3, 0.4) is 0 Å². The van der Waals surface area contributed by atoms with Crippen LogP contribution in [-0.2, 0) is 0 Å². The molecule has 2 heterocycles. The summed E-state index contributed by atoms with van der Waals surface area (Å²) < 4.78 is 0. The lowest BCUT2D eigenvalue weighted by Crippen LogP contribution is -2.58. The summed E-state index contributed by atoms with van der Waals surface area (Å²) in [5, 5.41) is 3.30. The molecule has 2 fully saturated rings. The average molecular weight is 259 g/mol. The molecule has 2 aliphatic heterocycles. The second kappa shape index (κ2) is 5.31. The maximum absolute atomic E-state index is 12.4. The fraction of sp³-hybridized carbons (Fsp3) is 0.533. The fourth-order valence-electron chi connectivity index (χ4n) is 2.88. The number of amides is 1. The van der Waals surface area contributed by atoms with Gasteiger partial charge in [-0.1, -0.05) is 18.2 Å². The SMILES string of the molecule is CN(C1CNC1)[C@H]1CCN(C(=O)c2ccccc2)C1. The van der Waals surface area contributed by atoms with Gasteiger partial charge in [-0.2, -0.15) is 0 Å². The third-order valence-electron chi connectivity index (χ3n) is 4.38. The van der Waals surface area contributed by atoms with Crippen molar-refractivity contribution in [3.8, 4) is 0 Å². The van der Waals surface area contributed by atoms with Crippen molar-refractivity contribution in [1.82, 2.24) is 15.1 Å². The highest BCUT2D eigenvalue weighted by Crippen LogP contribution is 2.19. The van der Waals surface area contributed by atoms with Gasteiger partial charge in [-0.05, 0) is 25.6 Å². The lowest BCUT2D eigenvalue weighted by molar-refractivity contribution is 0.0762. The summed E-state index contributed by atoms with van der Waals surface area (Å²) >= 11 is 0. The van der Waals surface area contributed by atoms with Gasteiger partial charge in [0.05, 0.1) is 0 Å². The molecule has 3 rings (SSSR count). The Balaban J connectivity index is 1.61. The van der Waals surface area contributed by atoms with Crippen LogP contribution in [0, 0.1) is 0 Å². The van der Waals surface area contributed by atoms with Crippen molar-refractivity contribution >= 4 is 5.91 Å². The number of benzene rings is 1. The largest absolute Gasteiger partial charge is 0.337 e. The Bertz CT molecular complexity index is 444. The van der Waals surface area contributed by atoms with Gasteiger partial charge in [0.25, 0.3) is 5.91 Å². The normalized spacial score (nSPS) is 23.7. The van der Waals surface area contributed by atoms with E-state index in [4.69, 9.17) is 0 Å². The smallest absolute Gasteiger partial charge is 0.253 e. The van der Waals surface area contributed by atoms with Crippen molar-refractivity contribution in [2.45, 2.75) is 18.5 Å². The van der Waals surface area contributed by atoms with Gasteiger partial charge in [-0.3, -0.25) is 9.69 Å². The Morgan fingerprint density at radius 2 is 2.00 bits per heavy atom. The molecule has 0 radical (unpaired) electrons. The summed E-state index contributed by atoms with van der Waals surface area (Å²) in [5.74, 6) is 0.170. The number of likely N-dealkylation sites (tertiary alicyclic amines) is 1. The van der Waals surface area contributed by atoms with E-state index in [9.17, 15) is 4.79 Å². The van der Waals surface area contributed by atoms with E-state index in [1.54, 1.807) is 0 Å². The maximum atomic E-state index is 12.4. The van der Waals surface area contributed by atoms with E-state index in [0.717, 1.165) is 38.2 Å². The van der Waals surface area contributed by atoms with Crippen LogP contribution in [0.1, 0.15) is 16.8 Å². The molecule has 0 bridgehead atoms. The molecule has 1 N–H and O–H groups in total. The van der Waals surface area contributed by atoms with Crippen LogP contribution in [0.15, 0.2) is 30.3 Å². The molecule has 2 saturated heterocycles. The lowest BCUT2D eigenvalue weighted by atomic mass is 10.1. The van der Waals surface area contributed by atoms with E-state index in [-0.39, 0.29) is 5.91 Å². The van der Waals surface area contributed by atoms with Crippen molar-refractivity contribution in [2.24, 2.45) is 0 Å². The second-order valence-corrected chi connectivity index (χ2v) is 5.54. The molecule has 1 aromatic carbocycles. The first kappa shape index (κ1) is 12.6. The van der Waals surface area contributed by atoms with Crippen LogP contribution >= 0.6 is 0 Å². The van der Waals surface area contributed by atoms with E-state index in [2.05, 4.69) is 17.3 Å². The van der Waals surface area contributed by atoms with E-state index < -0.39 is 0 Å². The predicted molar refractivity (Wildman–Crippen MR) is 75.2 cm³/mol.